The van der Waals surface area contributed by atoms with Crippen LogP contribution in [0.4, 0.5) is 0 Å². The third-order valence-corrected chi connectivity index (χ3v) is 4.16. The number of thiazole rings is 1. The summed E-state index contributed by atoms with van der Waals surface area (Å²) in [5.41, 5.74) is 1.01. The third kappa shape index (κ3) is 7.96. The third-order valence-electron chi connectivity index (χ3n) is 2.84. The first kappa shape index (κ1) is 22.1. The maximum Gasteiger partial charge on any atom is 0.241 e. The van der Waals surface area contributed by atoms with Crippen LogP contribution in [0, 0.1) is 0 Å². The Bertz CT molecular complexity index is 522. The second-order valence-corrected chi connectivity index (χ2v) is 7.09. The molecule has 0 unspecified atom stereocenters. The van der Waals surface area contributed by atoms with Gasteiger partial charge < -0.3 is 15.5 Å². The molecule has 0 fully saturated rings. The van der Waals surface area contributed by atoms with Gasteiger partial charge in [0.15, 0.2) is 5.96 Å². The normalized spacial score (nSPS) is 11.7. The molecule has 23 heavy (non-hydrogen) atoms. The highest BCUT2D eigenvalue weighted by Gasteiger charge is 2.17. The van der Waals surface area contributed by atoms with E-state index in [1.54, 1.807) is 30.3 Å². The molecule has 132 valence electrons. The van der Waals surface area contributed by atoms with E-state index in [-0.39, 0.29) is 41.8 Å². The lowest BCUT2D eigenvalue weighted by Crippen LogP contribution is -2.42. The second-order valence-electron chi connectivity index (χ2n) is 6.23. The van der Waals surface area contributed by atoms with E-state index in [0.717, 1.165) is 17.2 Å². The van der Waals surface area contributed by atoms with Crippen LogP contribution in [-0.2, 0) is 16.8 Å². The van der Waals surface area contributed by atoms with Crippen LogP contribution in [0.2, 0.25) is 0 Å². The van der Waals surface area contributed by atoms with Gasteiger partial charge in [0.05, 0.1) is 23.8 Å². The number of amides is 1. The highest BCUT2D eigenvalue weighted by atomic mass is 127. The number of aliphatic imine (C=N–C) groups is 1. The van der Waals surface area contributed by atoms with Gasteiger partial charge in [-0.3, -0.25) is 4.79 Å². The molecule has 0 aliphatic carbocycles. The minimum atomic E-state index is 0. The quantitative estimate of drug-likeness (QED) is 0.408. The maximum absolute atomic E-state index is 11.6. The summed E-state index contributed by atoms with van der Waals surface area (Å²) in [7, 11) is 3.47. The van der Waals surface area contributed by atoms with Gasteiger partial charge in [-0.25, -0.2) is 9.98 Å². The van der Waals surface area contributed by atoms with Crippen molar-refractivity contribution in [2.75, 3.05) is 27.2 Å². The summed E-state index contributed by atoms with van der Waals surface area (Å²) in [5, 5.41) is 9.31. The topological polar surface area (TPSA) is 69.6 Å². The van der Waals surface area contributed by atoms with Crippen molar-refractivity contribution in [2.45, 2.75) is 39.7 Å². The van der Waals surface area contributed by atoms with Gasteiger partial charge >= 0.3 is 0 Å². The van der Waals surface area contributed by atoms with Gasteiger partial charge in [0, 0.05) is 31.4 Å². The number of hydrogen-bond acceptors (Lipinski definition) is 4. The van der Waals surface area contributed by atoms with Gasteiger partial charge in [-0.15, -0.1) is 35.3 Å². The van der Waals surface area contributed by atoms with Gasteiger partial charge in [0.25, 0.3) is 0 Å². The molecule has 0 bridgehead atoms. The fraction of sp³-hybridized carbons (Fsp3) is 0.667. The van der Waals surface area contributed by atoms with Gasteiger partial charge in [-0.1, -0.05) is 20.8 Å². The van der Waals surface area contributed by atoms with Crippen molar-refractivity contribution in [1.29, 1.82) is 0 Å². The average Bonchev–Trinajstić information content (AvgIpc) is 2.90. The van der Waals surface area contributed by atoms with Crippen molar-refractivity contribution in [3.8, 4) is 0 Å². The smallest absolute Gasteiger partial charge is 0.241 e. The molecule has 0 spiro atoms. The largest absolute Gasteiger partial charge is 0.357 e. The SMILES string of the molecule is CCNC(=NCc1csc(C(C)(C)C)n1)NCC(=O)N(C)C.I. The highest BCUT2D eigenvalue weighted by molar-refractivity contribution is 14.0. The van der Waals surface area contributed by atoms with Crippen LogP contribution in [-0.4, -0.2) is 48.9 Å². The van der Waals surface area contributed by atoms with Gasteiger partial charge in [-0.2, -0.15) is 0 Å². The number of aromatic nitrogens is 1. The van der Waals surface area contributed by atoms with Crippen molar-refractivity contribution in [2.24, 2.45) is 4.99 Å². The number of nitrogens with zero attached hydrogens (tertiary/aromatic N) is 3. The number of nitrogens with one attached hydrogen (secondary N) is 2. The van der Waals surface area contributed by atoms with E-state index in [2.05, 4.69) is 41.4 Å². The Kier molecular flexibility index (Phi) is 9.67. The lowest BCUT2D eigenvalue weighted by molar-refractivity contribution is -0.127. The highest BCUT2D eigenvalue weighted by Crippen LogP contribution is 2.25. The van der Waals surface area contributed by atoms with E-state index in [0.29, 0.717) is 12.5 Å². The zero-order valence-corrected chi connectivity index (χ0v) is 17.9. The Hall–Kier alpha value is -0.900. The Morgan fingerprint density at radius 2 is 2.00 bits per heavy atom. The van der Waals surface area contributed by atoms with Crippen molar-refractivity contribution in [3.05, 3.63) is 16.1 Å². The molecule has 2 N–H and O–H groups in total. The molecule has 1 aromatic rings. The molecular weight excluding hydrogens is 425 g/mol. The molecule has 0 aromatic carbocycles. The van der Waals surface area contributed by atoms with E-state index in [9.17, 15) is 4.79 Å². The molecule has 8 heteroatoms. The molecule has 1 amide bonds. The predicted octanol–water partition coefficient (Wildman–Crippen LogP) is 2.20. The fourth-order valence-corrected chi connectivity index (χ4v) is 2.44. The monoisotopic (exact) mass is 453 g/mol. The van der Waals surface area contributed by atoms with Crippen molar-refractivity contribution in [1.82, 2.24) is 20.5 Å². The fourth-order valence-electron chi connectivity index (χ4n) is 1.54. The summed E-state index contributed by atoms with van der Waals surface area (Å²) < 4.78 is 0. The number of hydrogen-bond donors (Lipinski definition) is 2. The van der Waals surface area contributed by atoms with E-state index in [4.69, 9.17) is 0 Å². The average molecular weight is 453 g/mol. The van der Waals surface area contributed by atoms with Crippen LogP contribution in [0.1, 0.15) is 38.4 Å². The van der Waals surface area contributed by atoms with Crippen molar-refractivity contribution >= 4 is 47.2 Å². The summed E-state index contributed by atoms with van der Waals surface area (Å²) in [6.07, 6.45) is 0. The summed E-state index contributed by atoms with van der Waals surface area (Å²) in [6, 6.07) is 0. The first-order chi connectivity index (χ1) is 10.2. The predicted molar refractivity (Wildman–Crippen MR) is 108 cm³/mol. The van der Waals surface area contributed by atoms with Crippen molar-refractivity contribution in [3.63, 3.8) is 0 Å². The maximum atomic E-state index is 11.6. The standard InChI is InChI=1S/C15H27N5OS.HI/c1-7-16-14(18-9-12(21)20(5)6)17-8-11-10-22-13(19-11)15(2,3)4;/h10H,7-9H2,1-6H3,(H2,16,17,18);1H. The van der Waals surface area contributed by atoms with Gasteiger partial charge in [-0.05, 0) is 6.92 Å². The summed E-state index contributed by atoms with van der Waals surface area (Å²) in [5.74, 6) is 0.636. The van der Waals surface area contributed by atoms with Gasteiger partial charge in [0.1, 0.15) is 0 Å². The molecule has 0 saturated carbocycles. The Labute approximate surface area is 160 Å². The molecule has 0 saturated heterocycles. The van der Waals surface area contributed by atoms with E-state index in [1.807, 2.05) is 12.3 Å². The number of rotatable bonds is 5. The minimum Gasteiger partial charge on any atom is -0.357 e. The van der Waals surface area contributed by atoms with Crippen LogP contribution in [0.15, 0.2) is 10.4 Å². The van der Waals surface area contributed by atoms with Crippen LogP contribution in [0.25, 0.3) is 0 Å². The Balaban J connectivity index is 0.00000484. The van der Waals surface area contributed by atoms with Crippen LogP contribution >= 0.6 is 35.3 Å². The summed E-state index contributed by atoms with van der Waals surface area (Å²) in [6.45, 7) is 9.91. The van der Waals surface area contributed by atoms with Crippen LogP contribution in [0.5, 0.6) is 0 Å². The molecule has 0 aliphatic heterocycles. The zero-order valence-electron chi connectivity index (χ0n) is 14.8. The van der Waals surface area contributed by atoms with Crippen LogP contribution in [0.3, 0.4) is 0 Å². The van der Waals surface area contributed by atoms with E-state index >= 15 is 0 Å². The van der Waals surface area contributed by atoms with E-state index < -0.39 is 0 Å². The zero-order chi connectivity index (χ0) is 16.8. The molecule has 1 heterocycles. The van der Waals surface area contributed by atoms with Gasteiger partial charge in [0.2, 0.25) is 5.91 Å². The Morgan fingerprint density at radius 1 is 1.35 bits per heavy atom. The number of guanidine groups is 1. The molecule has 1 aromatic heterocycles. The number of likely N-dealkylation sites (N-methyl/N-ethyl adjacent to an activating group) is 1. The van der Waals surface area contributed by atoms with E-state index in [1.165, 1.54) is 0 Å². The first-order valence-corrected chi connectivity index (χ1v) is 8.29. The molecule has 6 nitrogen and oxygen atoms in total. The molecule has 0 atom stereocenters. The first-order valence-electron chi connectivity index (χ1n) is 7.41. The number of carbonyl (C=O) groups is 1. The number of halogens is 1. The van der Waals surface area contributed by atoms with Crippen molar-refractivity contribution < 1.29 is 4.79 Å². The van der Waals surface area contributed by atoms with Crippen LogP contribution < -0.4 is 10.6 Å². The lowest BCUT2D eigenvalue weighted by atomic mass is 9.98. The molecule has 0 radical (unpaired) electrons. The number of carbonyl (C=O) groups excluding carboxylic acids is 1. The lowest BCUT2D eigenvalue weighted by Gasteiger charge is -2.14. The second kappa shape index (κ2) is 10.1. The summed E-state index contributed by atoms with van der Waals surface area (Å²) in [4.78, 5) is 22.3. The molecule has 0 aliphatic rings. The Morgan fingerprint density at radius 3 is 2.48 bits per heavy atom. The molecule has 1 rings (SSSR count). The summed E-state index contributed by atoms with van der Waals surface area (Å²) >= 11 is 1.66. The minimum absolute atomic E-state index is 0. The molecular formula is C15H28IN5OS.